The summed E-state index contributed by atoms with van der Waals surface area (Å²) >= 11 is 0. The number of halogens is 1. The highest BCUT2D eigenvalue weighted by atomic mass is 19.1. The maximum Gasteiger partial charge on any atom is 0.220 e. The van der Waals surface area contributed by atoms with Crippen LogP contribution in [0, 0.1) is 5.82 Å². The van der Waals surface area contributed by atoms with Gasteiger partial charge >= 0.3 is 0 Å². The first kappa shape index (κ1) is 21.8. The van der Waals surface area contributed by atoms with Crippen molar-refractivity contribution in [1.29, 1.82) is 0 Å². The standard InChI is InChI=1S/C23H29FN2O2/c1-4-6-17-9-11-18(12-10-17)22(27)13-14-23(28)25-16-21(26(2)3)19-7-5-8-20(24)15-19/h5,7-12,15,21H,4,6,13-14,16H2,1-3H3,(H,25,28). The lowest BCUT2D eigenvalue weighted by Gasteiger charge is -2.25. The molecule has 0 fully saturated rings. The number of rotatable bonds is 10. The largest absolute Gasteiger partial charge is 0.354 e. The number of benzene rings is 2. The first-order chi connectivity index (χ1) is 13.4. The van der Waals surface area contributed by atoms with Crippen molar-refractivity contribution in [3.63, 3.8) is 0 Å². The molecule has 1 unspecified atom stereocenters. The van der Waals surface area contributed by atoms with E-state index in [-0.39, 0.29) is 36.4 Å². The lowest BCUT2D eigenvalue weighted by atomic mass is 10.0. The first-order valence-corrected chi connectivity index (χ1v) is 9.71. The van der Waals surface area contributed by atoms with Crippen molar-refractivity contribution >= 4 is 11.7 Å². The summed E-state index contributed by atoms with van der Waals surface area (Å²) in [5.74, 6) is -0.516. The Balaban J connectivity index is 1.84. The van der Waals surface area contributed by atoms with Crippen LogP contribution < -0.4 is 5.32 Å². The Labute approximate surface area is 166 Å². The molecule has 0 aromatic heterocycles. The molecule has 2 aromatic carbocycles. The van der Waals surface area contributed by atoms with Crippen molar-refractivity contribution in [3.05, 3.63) is 71.0 Å². The van der Waals surface area contributed by atoms with Crippen LogP contribution in [0.3, 0.4) is 0 Å². The maximum atomic E-state index is 13.5. The van der Waals surface area contributed by atoms with Crippen molar-refractivity contribution in [2.45, 2.75) is 38.6 Å². The van der Waals surface area contributed by atoms with Crippen LogP contribution in [0.5, 0.6) is 0 Å². The van der Waals surface area contributed by atoms with E-state index in [1.54, 1.807) is 6.07 Å². The number of Topliss-reactive ketones (excluding diaryl/α,β-unsaturated/α-hetero) is 1. The van der Waals surface area contributed by atoms with Crippen molar-refractivity contribution in [2.24, 2.45) is 0 Å². The predicted octanol–water partition coefficient (Wildman–Crippen LogP) is 4.16. The molecular formula is C23H29FN2O2. The Hall–Kier alpha value is -2.53. The van der Waals surface area contributed by atoms with E-state index in [2.05, 4.69) is 12.2 Å². The summed E-state index contributed by atoms with van der Waals surface area (Å²) in [6, 6.07) is 13.8. The lowest BCUT2D eigenvalue weighted by Crippen LogP contribution is -2.34. The average molecular weight is 384 g/mol. The van der Waals surface area contributed by atoms with Gasteiger partial charge in [-0.05, 0) is 43.8 Å². The van der Waals surface area contributed by atoms with E-state index in [0.717, 1.165) is 18.4 Å². The van der Waals surface area contributed by atoms with E-state index in [1.165, 1.54) is 17.7 Å². The number of carbonyl (C=O) groups is 2. The normalized spacial score (nSPS) is 12.0. The molecule has 4 nitrogen and oxygen atoms in total. The Morgan fingerprint density at radius 1 is 1.07 bits per heavy atom. The maximum absolute atomic E-state index is 13.5. The monoisotopic (exact) mass is 384 g/mol. The van der Waals surface area contributed by atoms with E-state index < -0.39 is 0 Å². The van der Waals surface area contributed by atoms with Crippen LogP contribution in [-0.4, -0.2) is 37.2 Å². The summed E-state index contributed by atoms with van der Waals surface area (Å²) in [5.41, 5.74) is 2.65. The van der Waals surface area contributed by atoms with E-state index in [0.29, 0.717) is 12.1 Å². The molecule has 1 N–H and O–H groups in total. The van der Waals surface area contributed by atoms with Gasteiger partial charge in [-0.3, -0.25) is 9.59 Å². The van der Waals surface area contributed by atoms with Crippen molar-refractivity contribution < 1.29 is 14.0 Å². The summed E-state index contributed by atoms with van der Waals surface area (Å²) in [7, 11) is 3.76. The highest BCUT2D eigenvalue weighted by Crippen LogP contribution is 2.18. The molecule has 1 atom stereocenters. The third-order valence-electron chi connectivity index (χ3n) is 4.74. The third-order valence-corrected chi connectivity index (χ3v) is 4.74. The summed E-state index contributed by atoms with van der Waals surface area (Å²) in [6.45, 7) is 2.47. The summed E-state index contributed by atoms with van der Waals surface area (Å²) < 4.78 is 13.5. The average Bonchev–Trinajstić information content (AvgIpc) is 2.67. The Morgan fingerprint density at radius 3 is 2.39 bits per heavy atom. The molecule has 150 valence electrons. The van der Waals surface area contributed by atoms with Crippen molar-refractivity contribution in [3.8, 4) is 0 Å². The molecule has 0 bridgehead atoms. The zero-order chi connectivity index (χ0) is 20.5. The van der Waals surface area contributed by atoms with Gasteiger partial charge in [-0.15, -0.1) is 0 Å². The minimum Gasteiger partial charge on any atom is -0.354 e. The number of ketones is 1. The van der Waals surface area contributed by atoms with E-state index in [4.69, 9.17) is 0 Å². The highest BCUT2D eigenvalue weighted by molar-refractivity contribution is 5.97. The zero-order valence-electron chi connectivity index (χ0n) is 16.9. The molecule has 0 aliphatic rings. The molecule has 0 aliphatic heterocycles. The zero-order valence-corrected chi connectivity index (χ0v) is 16.9. The molecule has 2 aromatic rings. The molecule has 1 amide bonds. The molecule has 0 aliphatic carbocycles. The molecule has 0 heterocycles. The lowest BCUT2D eigenvalue weighted by molar-refractivity contribution is -0.121. The number of aryl methyl sites for hydroxylation is 1. The van der Waals surface area contributed by atoms with Crippen LogP contribution in [0.2, 0.25) is 0 Å². The minimum absolute atomic E-state index is 0.0347. The van der Waals surface area contributed by atoms with Crippen molar-refractivity contribution in [1.82, 2.24) is 10.2 Å². The summed E-state index contributed by atoms with van der Waals surface area (Å²) in [6.07, 6.45) is 2.37. The van der Waals surface area contributed by atoms with Gasteiger partial charge in [0.25, 0.3) is 0 Å². The Bertz CT molecular complexity index is 787. The van der Waals surface area contributed by atoms with Crippen LogP contribution in [0.1, 0.15) is 53.7 Å². The molecule has 0 saturated carbocycles. The molecule has 5 heteroatoms. The molecular weight excluding hydrogens is 355 g/mol. The molecule has 0 spiro atoms. The van der Waals surface area contributed by atoms with Gasteiger partial charge in [0.05, 0.1) is 6.04 Å². The third kappa shape index (κ3) is 6.57. The SMILES string of the molecule is CCCc1ccc(C(=O)CCC(=O)NCC(c2cccc(F)c2)N(C)C)cc1. The van der Waals surface area contributed by atoms with E-state index in [9.17, 15) is 14.0 Å². The van der Waals surface area contributed by atoms with Gasteiger partial charge in [0.1, 0.15) is 5.82 Å². The molecule has 2 rings (SSSR count). The fourth-order valence-electron chi connectivity index (χ4n) is 3.13. The number of likely N-dealkylation sites (N-methyl/N-ethyl adjacent to an activating group) is 1. The first-order valence-electron chi connectivity index (χ1n) is 9.71. The van der Waals surface area contributed by atoms with Gasteiger partial charge in [0.15, 0.2) is 5.78 Å². The van der Waals surface area contributed by atoms with Crippen LogP contribution in [0.4, 0.5) is 4.39 Å². The molecule has 0 radical (unpaired) electrons. The van der Waals surface area contributed by atoms with Crippen LogP contribution >= 0.6 is 0 Å². The van der Waals surface area contributed by atoms with Crippen LogP contribution in [0.25, 0.3) is 0 Å². The van der Waals surface area contributed by atoms with Gasteiger partial charge in [-0.25, -0.2) is 4.39 Å². The van der Waals surface area contributed by atoms with Gasteiger partial charge in [-0.1, -0.05) is 49.7 Å². The number of nitrogens with one attached hydrogen (secondary N) is 1. The van der Waals surface area contributed by atoms with Crippen LogP contribution in [-0.2, 0) is 11.2 Å². The smallest absolute Gasteiger partial charge is 0.220 e. The number of hydrogen-bond donors (Lipinski definition) is 1. The quantitative estimate of drug-likeness (QED) is 0.626. The second kappa shape index (κ2) is 10.7. The highest BCUT2D eigenvalue weighted by Gasteiger charge is 2.16. The Kier molecular flexibility index (Phi) is 8.33. The predicted molar refractivity (Wildman–Crippen MR) is 110 cm³/mol. The summed E-state index contributed by atoms with van der Waals surface area (Å²) in [5, 5.41) is 2.86. The summed E-state index contributed by atoms with van der Waals surface area (Å²) in [4.78, 5) is 26.4. The fraction of sp³-hybridized carbons (Fsp3) is 0.391. The second-order valence-corrected chi connectivity index (χ2v) is 7.21. The van der Waals surface area contributed by atoms with E-state index >= 15 is 0 Å². The number of carbonyl (C=O) groups excluding carboxylic acids is 2. The molecule has 28 heavy (non-hydrogen) atoms. The van der Waals surface area contributed by atoms with Gasteiger partial charge in [0, 0.05) is 24.9 Å². The number of amides is 1. The van der Waals surface area contributed by atoms with Crippen LogP contribution in [0.15, 0.2) is 48.5 Å². The van der Waals surface area contributed by atoms with Gasteiger partial charge < -0.3 is 10.2 Å². The van der Waals surface area contributed by atoms with Gasteiger partial charge in [-0.2, -0.15) is 0 Å². The number of nitrogens with zero attached hydrogens (tertiary/aromatic N) is 1. The topological polar surface area (TPSA) is 49.4 Å². The Morgan fingerprint density at radius 2 is 1.79 bits per heavy atom. The number of hydrogen-bond acceptors (Lipinski definition) is 3. The van der Waals surface area contributed by atoms with Crippen molar-refractivity contribution in [2.75, 3.05) is 20.6 Å². The second-order valence-electron chi connectivity index (χ2n) is 7.21. The minimum atomic E-state index is -0.300. The molecule has 0 saturated heterocycles. The fourth-order valence-corrected chi connectivity index (χ4v) is 3.13. The van der Waals surface area contributed by atoms with E-state index in [1.807, 2.05) is 49.3 Å². The van der Waals surface area contributed by atoms with Gasteiger partial charge in [0.2, 0.25) is 5.91 Å².